The van der Waals surface area contributed by atoms with E-state index in [9.17, 15) is 14.7 Å². The highest BCUT2D eigenvalue weighted by atomic mass is 16.3. The summed E-state index contributed by atoms with van der Waals surface area (Å²) in [5, 5.41) is 15.1. The van der Waals surface area contributed by atoms with Crippen LogP contribution in [0.5, 0.6) is 0 Å². The van der Waals surface area contributed by atoms with Crippen LogP contribution in [0.3, 0.4) is 0 Å². The van der Waals surface area contributed by atoms with Crippen LogP contribution in [0.4, 0.5) is 4.79 Å². The van der Waals surface area contributed by atoms with Gasteiger partial charge in [0.05, 0.1) is 12.1 Å². The van der Waals surface area contributed by atoms with Crippen molar-refractivity contribution in [1.29, 1.82) is 0 Å². The predicted molar refractivity (Wildman–Crippen MR) is 72.7 cm³/mol. The zero-order valence-electron chi connectivity index (χ0n) is 11.9. The monoisotopic (exact) mass is 271 g/mol. The number of likely N-dealkylation sites (N-methyl/N-ethyl adjacent to an activating group) is 1. The van der Waals surface area contributed by atoms with E-state index < -0.39 is 11.6 Å². The van der Waals surface area contributed by atoms with E-state index in [4.69, 9.17) is 0 Å². The third-order valence-electron chi connectivity index (χ3n) is 3.30. The number of urea groups is 1. The van der Waals surface area contributed by atoms with E-state index in [2.05, 4.69) is 10.6 Å². The molecule has 3 amide bonds. The van der Waals surface area contributed by atoms with Crippen LogP contribution in [0.2, 0.25) is 0 Å². The van der Waals surface area contributed by atoms with Gasteiger partial charge in [-0.2, -0.15) is 0 Å². The van der Waals surface area contributed by atoms with Gasteiger partial charge in [0, 0.05) is 13.1 Å². The van der Waals surface area contributed by atoms with Crippen LogP contribution >= 0.6 is 0 Å². The largest absolute Gasteiger partial charge is 0.389 e. The quantitative estimate of drug-likeness (QED) is 0.655. The van der Waals surface area contributed by atoms with Crippen molar-refractivity contribution in [2.24, 2.45) is 0 Å². The molecule has 0 saturated heterocycles. The Morgan fingerprint density at radius 1 is 1.32 bits per heavy atom. The summed E-state index contributed by atoms with van der Waals surface area (Å²) in [5.74, 6) is -0.349. The average molecular weight is 271 g/mol. The van der Waals surface area contributed by atoms with Crippen molar-refractivity contribution in [3.8, 4) is 0 Å². The van der Waals surface area contributed by atoms with Gasteiger partial charge in [0.1, 0.15) is 0 Å². The van der Waals surface area contributed by atoms with Crippen LogP contribution in [-0.4, -0.2) is 54.2 Å². The Kier molecular flexibility index (Phi) is 6.24. The molecule has 0 aliphatic heterocycles. The maximum absolute atomic E-state index is 11.6. The van der Waals surface area contributed by atoms with Gasteiger partial charge >= 0.3 is 6.03 Å². The van der Waals surface area contributed by atoms with Crippen LogP contribution in [0, 0.1) is 0 Å². The Morgan fingerprint density at radius 2 is 1.95 bits per heavy atom. The molecule has 0 spiro atoms. The molecule has 1 rings (SSSR count). The third-order valence-corrected chi connectivity index (χ3v) is 3.30. The number of amides is 3. The third kappa shape index (κ3) is 6.02. The van der Waals surface area contributed by atoms with E-state index in [1.54, 1.807) is 11.9 Å². The maximum atomic E-state index is 11.6. The van der Waals surface area contributed by atoms with Gasteiger partial charge in [0.25, 0.3) is 0 Å². The molecule has 3 N–H and O–H groups in total. The molecule has 0 aromatic carbocycles. The molecule has 0 radical (unpaired) electrons. The smallest absolute Gasteiger partial charge is 0.321 e. The van der Waals surface area contributed by atoms with Crippen molar-refractivity contribution in [3.63, 3.8) is 0 Å². The minimum atomic E-state index is -0.667. The molecule has 0 atom stereocenters. The van der Waals surface area contributed by atoms with Gasteiger partial charge in [-0.3, -0.25) is 15.0 Å². The summed E-state index contributed by atoms with van der Waals surface area (Å²) in [6.07, 6.45) is 4.48. The van der Waals surface area contributed by atoms with E-state index >= 15 is 0 Å². The van der Waals surface area contributed by atoms with E-state index in [0.29, 0.717) is 13.1 Å². The van der Waals surface area contributed by atoms with Gasteiger partial charge in [-0.25, -0.2) is 4.79 Å². The van der Waals surface area contributed by atoms with E-state index in [1.165, 1.54) is 0 Å². The number of hydrogen-bond acceptors (Lipinski definition) is 4. The topological polar surface area (TPSA) is 81.7 Å². The number of carbonyl (C=O) groups excluding carboxylic acids is 2. The first-order valence-corrected chi connectivity index (χ1v) is 6.94. The summed E-state index contributed by atoms with van der Waals surface area (Å²) < 4.78 is 0. The van der Waals surface area contributed by atoms with E-state index in [-0.39, 0.29) is 12.5 Å². The van der Waals surface area contributed by atoms with Crippen molar-refractivity contribution in [2.45, 2.75) is 44.6 Å². The second kappa shape index (κ2) is 7.45. The standard InChI is InChI=1S/C13H25N3O3/c1-3-8-14-12(18)15-11(17)9-16(2)10-13(19)6-4-5-7-13/h19H,3-10H2,1-2H3,(H2,14,15,17,18). The summed E-state index contributed by atoms with van der Waals surface area (Å²) in [6.45, 7) is 3.08. The molecule has 1 fully saturated rings. The Morgan fingerprint density at radius 3 is 2.53 bits per heavy atom. The normalized spacial score (nSPS) is 17.5. The Bertz CT molecular complexity index is 314. The lowest BCUT2D eigenvalue weighted by atomic mass is 10.0. The van der Waals surface area contributed by atoms with Crippen LogP contribution < -0.4 is 10.6 Å². The maximum Gasteiger partial charge on any atom is 0.321 e. The molecule has 6 nitrogen and oxygen atoms in total. The molecule has 19 heavy (non-hydrogen) atoms. The highest BCUT2D eigenvalue weighted by Gasteiger charge is 2.32. The minimum Gasteiger partial charge on any atom is -0.389 e. The van der Waals surface area contributed by atoms with Gasteiger partial charge in [-0.1, -0.05) is 19.8 Å². The number of aliphatic hydroxyl groups is 1. The molecule has 1 saturated carbocycles. The number of nitrogens with one attached hydrogen (secondary N) is 2. The summed E-state index contributed by atoms with van der Waals surface area (Å²) in [4.78, 5) is 24.7. The molecular weight excluding hydrogens is 246 g/mol. The van der Waals surface area contributed by atoms with Crippen LogP contribution in [0.25, 0.3) is 0 Å². The SMILES string of the molecule is CCCNC(=O)NC(=O)CN(C)CC1(O)CCCC1. The zero-order chi connectivity index (χ0) is 14.3. The average Bonchev–Trinajstić information content (AvgIpc) is 2.72. The number of rotatable bonds is 6. The van der Waals surface area contributed by atoms with Gasteiger partial charge in [0.15, 0.2) is 0 Å². The molecule has 0 bridgehead atoms. The predicted octanol–water partition coefficient (Wildman–Crippen LogP) is 0.459. The first-order valence-electron chi connectivity index (χ1n) is 6.94. The van der Waals surface area contributed by atoms with Crippen LogP contribution in [-0.2, 0) is 4.79 Å². The lowest BCUT2D eigenvalue weighted by Crippen LogP contribution is -2.47. The molecule has 0 aromatic heterocycles. The number of nitrogens with zero attached hydrogens (tertiary/aromatic N) is 1. The fourth-order valence-electron chi connectivity index (χ4n) is 2.44. The lowest BCUT2D eigenvalue weighted by Gasteiger charge is -2.28. The molecule has 0 unspecified atom stereocenters. The summed E-state index contributed by atoms with van der Waals surface area (Å²) in [5.41, 5.74) is -0.667. The van der Waals surface area contributed by atoms with Crippen LogP contribution in [0.15, 0.2) is 0 Å². The molecular formula is C13H25N3O3. The van der Waals surface area contributed by atoms with Gasteiger partial charge in [-0.05, 0) is 26.3 Å². The highest BCUT2D eigenvalue weighted by Crippen LogP contribution is 2.29. The van der Waals surface area contributed by atoms with E-state index in [1.807, 2.05) is 6.92 Å². The summed E-state index contributed by atoms with van der Waals surface area (Å²) >= 11 is 0. The zero-order valence-corrected chi connectivity index (χ0v) is 11.9. The van der Waals surface area contributed by atoms with Crippen molar-refractivity contribution in [3.05, 3.63) is 0 Å². The van der Waals surface area contributed by atoms with Gasteiger partial charge in [-0.15, -0.1) is 0 Å². The van der Waals surface area contributed by atoms with Crippen LogP contribution in [0.1, 0.15) is 39.0 Å². The van der Waals surface area contributed by atoms with Gasteiger partial charge in [0.2, 0.25) is 5.91 Å². The molecule has 1 aliphatic rings. The van der Waals surface area contributed by atoms with Crippen molar-refractivity contribution in [1.82, 2.24) is 15.5 Å². The van der Waals surface area contributed by atoms with Crippen molar-refractivity contribution >= 4 is 11.9 Å². The summed E-state index contributed by atoms with van der Waals surface area (Å²) in [6, 6.07) is -0.458. The first kappa shape index (κ1) is 15.9. The highest BCUT2D eigenvalue weighted by molar-refractivity contribution is 5.95. The molecule has 0 aromatic rings. The number of imide groups is 1. The molecule has 1 aliphatic carbocycles. The fourth-order valence-corrected chi connectivity index (χ4v) is 2.44. The number of hydrogen-bond donors (Lipinski definition) is 3. The Balaban J connectivity index is 2.25. The number of carbonyl (C=O) groups is 2. The van der Waals surface area contributed by atoms with E-state index in [0.717, 1.165) is 32.1 Å². The fraction of sp³-hybridized carbons (Fsp3) is 0.846. The summed E-state index contributed by atoms with van der Waals surface area (Å²) in [7, 11) is 1.78. The second-order valence-electron chi connectivity index (χ2n) is 5.41. The molecule has 6 heteroatoms. The first-order chi connectivity index (χ1) is 8.95. The van der Waals surface area contributed by atoms with Gasteiger partial charge < -0.3 is 10.4 Å². The lowest BCUT2D eigenvalue weighted by molar-refractivity contribution is -0.121. The second-order valence-corrected chi connectivity index (χ2v) is 5.41. The van der Waals surface area contributed by atoms with Crippen molar-refractivity contribution in [2.75, 3.05) is 26.7 Å². The molecule has 0 heterocycles. The Hall–Kier alpha value is -1.14. The van der Waals surface area contributed by atoms with Crippen molar-refractivity contribution < 1.29 is 14.7 Å². The minimum absolute atomic E-state index is 0.113. The Labute approximate surface area is 114 Å². The molecule has 110 valence electrons.